The van der Waals surface area contributed by atoms with Crippen molar-refractivity contribution in [2.45, 2.75) is 13.0 Å². The van der Waals surface area contributed by atoms with Crippen LogP contribution in [0, 0.1) is 10.1 Å². The van der Waals surface area contributed by atoms with E-state index in [1.54, 1.807) is 18.2 Å². The van der Waals surface area contributed by atoms with Crippen LogP contribution in [0.5, 0.6) is 0 Å². The van der Waals surface area contributed by atoms with Crippen molar-refractivity contribution in [3.63, 3.8) is 0 Å². The first-order valence-corrected chi connectivity index (χ1v) is 3.54. The molecule has 0 spiro atoms. The summed E-state index contributed by atoms with van der Waals surface area (Å²) in [6.07, 6.45) is -0.799. The van der Waals surface area contributed by atoms with Crippen LogP contribution in [-0.4, -0.2) is 10.0 Å². The number of nitro groups is 1. The van der Waals surface area contributed by atoms with Crippen LogP contribution in [0.2, 0.25) is 0 Å². The van der Waals surface area contributed by atoms with Crippen molar-refractivity contribution in [2.75, 3.05) is 0 Å². The minimum atomic E-state index is -0.799. The molecule has 0 aliphatic heterocycles. The molecular weight excluding hydrogens is 158 g/mol. The zero-order valence-corrected chi connectivity index (χ0v) is 6.60. The summed E-state index contributed by atoms with van der Waals surface area (Å²) in [5.41, 5.74) is 0.315. The van der Waals surface area contributed by atoms with E-state index in [1.807, 2.05) is 0 Å². The maximum atomic E-state index is 10.4. The Labute approximate surface area is 69.6 Å². The van der Waals surface area contributed by atoms with Crippen molar-refractivity contribution >= 4 is 5.69 Å². The van der Waals surface area contributed by atoms with Gasteiger partial charge in [0.2, 0.25) is 0 Å². The maximum absolute atomic E-state index is 10.4. The monoisotopic (exact) mass is 167 g/mol. The fraction of sp³-hybridized carbons (Fsp3) is 0.250. The number of nitrogens with zero attached hydrogens (tertiary/aromatic N) is 1. The Morgan fingerprint density at radius 1 is 1.50 bits per heavy atom. The van der Waals surface area contributed by atoms with Crippen LogP contribution in [0.1, 0.15) is 18.6 Å². The second kappa shape index (κ2) is 3.32. The summed E-state index contributed by atoms with van der Waals surface area (Å²) in [5.74, 6) is 0. The molecule has 0 fully saturated rings. The predicted octanol–water partition coefficient (Wildman–Crippen LogP) is 1.65. The summed E-state index contributed by atoms with van der Waals surface area (Å²) in [6.45, 7) is 1.50. The third-order valence-electron chi connectivity index (χ3n) is 1.58. The molecule has 0 bridgehead atoms. The van der Waals surface area contributed by atoms with Crippen LogP contribution in [-0.2, 0) is 0 Å². The van der Waals surface area contributed by atoms with Gasteiger partial charge in [-0.1, -0.05) is 12.1 Å². The second-order valence-electron chi connectivity index (χ2n) is 2.49. The summed E-state index contributed by atoms with van der Waals surface area (Å²) in [7, 11) is 0. The van der Waals surface area contributed by atoms with Crippen molar-refractivity contribution in [2.24, 2.45) is 0 Å². The van der Waals surface area contributed by atoms with E-state index < -0.39 is 11.0 Å². The number of benzene rings is 1. The SMILES string of the molecule is CC(O)c1ccccc1[N+](=O)[O-]. The number of hydrogen-bond donors (Lipinski definition) is 1. The fourth-order valence-corrected chi connectivity index (χ4v) is 1.01. The second-order valence-corrected chi connectivity index (χ2v) is 2.49. The van der Waals surface area contributed by atoms with Crippen LogP contribution in [0.3, 0.4) is 0 Å². The molecule has 12 heavy (non-hydrogen) atoms. The van der Waals surface area contributed by atoms with Gasteiger partial charge in [-0.05, 0) is 13.0 Å². The molecule has 1 aromatic rings. The van der Waals surface area contributed by atoms with E-state index in [0.717, 1.165) is 0 Å². The number of nitro benzene ring substituents is 1. The van der Waals surface area contributed by atoms with E-state index in [4.69, 9.17) is 5.11 Å². The Morgan fingerprint density at radius 2 is 2.08 bits per heavy atom. The third-order valence-corrected chi connectivity index (χ3v) is 1.58. The highest BCUT2D eigenvalue weighted by Crippen LogP contribution is 2.23. The Morgan fingerprint density at radius 3 is 2.50 bits per heavy atom. The molecule has 4 heteroatoms. The molecule has 0 radical (unpaired) electrons. The lowest BCUT2D eigenvalue weighted by Crippen LogP contribution is -1.98. The van der Waals surface area contributed by atoms with E-state index in [-0.39, 0.29) is 5.69 Å². The highest BCUT2D eigenvalue weighted by Gasteiger charge is 2.15. The van der Waals surface area contributed by atoms with E-state index in [9.17, 15) is 10.1 Å². The molecule has 1 N–H and O–H groups in total. The van der Waals surface area contributed by atoms with Gasteiger partial charge < -0.3 is 5.11 Å². The summed E-state index contributed by atoms with van der Waals surface area (Å²) < 4.78 is 0. The molecule has 0 amide bonds. The first kappa shape index (κ1) is 8.67. The Balaban J connectivity index is 3.17. The lowest BCUT2D eigenvalue weighted by Gasteiger charge is -2.03. The summed E-state index contributed by atoms with van der Waals surface area (Å²) in [5, 5.41) is 19.6. The molecular formula is C8H9NO3. The molecule has 0 aromatic heterocycles. The molecule has 1 rings (SSSR count). The maximum Gasteiger partial charge on any atom is 0.275 e. The molecule has 0 aliphatic carbocycles. The largest absolute Gasteiger partial charge is 0.388 e. The molecule has 1 aromatic carbocycles. The highest BCUT2D eigenvalue weighted by atomic mass is 16.6. The number of rotatable bonds is 2. The molecule has 0 heterocycles. The minimum absolute atomic E-state index is 0.0347. The lowest BCUT2D eigenvalue weighted by molar-refractivity contribution is -0.386. The molecule has 0 saturated carbocycles. The van der Waals surface area contributed by atoms with Gasteiger partial charge in [0.15, 0.2) is 0 Å². The predicted molar refractivity (Wildman–Crippen MR) is 43.7 cm³/mol. The Kier molecular flexibility index (Phi) is 2.40. The number of hydrogen-bond acceptors (Lipinski definition) is 3. The summed E-state index contributed by atoms with van der Waals surface area (Å²) in [6, 6.07) is 6.16. The van der Waals surface area contributed by atoms with Crippen LogP contribution < -0.4 is 0 Å². The third kappa shape index (κ3) is 1.60. The van der Waals surface area contributed by atoms with Crippen molar-refractivity contribution in [1.82, 2.24) is 0 Å². The minimum Gasteiger partial charge on any atom is -0.388 e. The van der Waals surface area contributed by atoms with Gasteiger partial charge in [-0.2, -0.15) is 0 Å². The normalized spacial score (nSPS) is 12.5. The van der Waals surface area contributed by atoms with Crippen molar-refractivity contribution < 1.29 is 10.0 Å². The number of aliphatic hydroxyl groups is 1. The number of para-hydroxylation sites is 1. The first-order chi connectivity index (χ1) is 5.63. The van der Waals surface area contributed by atoms with Crippen LogP contribution in [0.25, 0.3) is 0 Å². The smallest absolute Gasteiger partial charge is 0.275 e. The number of aliphatic hydroxyl groups excluding tert-OH is 1. The van der Waals surface area contributed by atoms with E-state index in [0.29, 0.717) is 5.56 Å². The van der Waals surface area contributed by atoms with E-state index >= 15 is 0 Å². The Hall–Kier alpha value is -1.42. The quantitative estimate of drug-likeness (QED) is 0.538. The van der Waals surface area contributed by atoms with Gasteiger partial charge in [0.1, 0.15) is 0 Å². The molecule has 1 atom stereocenters. The zero-order chi connectivity index (χ0) is 9.14. The zero-order valence-electron chi connectivity index (χ0n) is 6.60. The Bertz CT molecular complexity index is 296. The first-order valence-electron chi connectivity index (χ1n) is 3.54. The molecule has 4 nitrogen and oxygen atoms in total. The van der Waals surface area contributed by atoms with Crippen molar-refractivity contribution in [1.29, 1.82) is 0 Å². The topological polar surface area (TPSA) is 63.4 Å². The lowest BCUT2D eigenvalue weighted by atomic mass is 10.1. The van der Waals surface area contributed by atoms with E-state index in [2.05, 4.69) is 0 Å². The van der Waals surface area contributed by atoms with Crippen LogP contribution in [0.4, 0.5) is 5.69 Å². The molecule has 0 aliphatic rings. The molecule has 64 valence electrons. The molecule has 1 unspecified atom stereocenters. The standard InChI is InChI=1S/C8H9NO3/c1-6(10)7-4-2-3-5-8(7)9(11)12/h2-6,10H,1H3. The van der Waals surface area contributed by atoms with Gasteiger partial charge in [0, 0.05) is 6.07 Å². The summed E-state index contributed by atoms with van der Waals surface area (Å²) >= 11 is 0. The van der Waals surface area contributed by atoms with Gasteiger partial charge in [-0.25, -0.2) is 0 Å². The average molecular weight is 167 g/mol. The van der Waals surface area contributed by atoms with E-state index in [1.165, 1.54) is 13.0 Å². The highest BCUT2D eigenvalue weighted by molar-refractivity contribution is 5.40. The molecule has 0 saturated heterocycles. The average Bonchev–Trinajstić information content (AvgIpc) is 2.04. The van der Waals surface area contributed by atoms with Crippen LogP contribution >= 0.6 is 0 Å². The van der Waals surface area contributed by atoms with Gasteiger partial charge in [-0.15, -0.1) is 0 Å². The fourth-order valence-electron chi connectivity index (χ4n) is 1.01. The van der Waals surface area contributed by atoms with Crippen LogP contribution in [0.15, 0.2) is 24.3 Å². The summed E-state index contributed by atoms with van der Waals surface area (Å²) in [4.78, 5) is 9.92. The van der Waals surface area contributed by atoms with Gasteiger partial charge >= 0.3 is 0 Å². The van der Waals surface area contributed by atoms with Crippen molar-refractivity contribution in [3.8, 4) is 0 Å². The van der Waals surface area contributed by atoms with Gasteiger partial charge in [-0.3, -0.25) is 10.1 Å². The van der Waals surface area contributed by atoms with Gasteiger partial charge in [0.05, 0.1) is 16.6 Å². The van der Waals surface area contributed by atoms with Gasteiger partial charge in [0.25, 0.3) is 5.69 Å². The van der Waals surface area contributed by atoms with Crippen molar-refractivity contribution in [3.05, 3.63) is 39.9 Å².